The maximum Gasteiger partial charge on any atom is 0.261 e. The van der Waals surface area contributed by atoms with Crippen LogP contribution in [0.1, 0.15) is 41.1 Å². The average molecular weight is 424 g/mol. The molecule has 0 saturated heterocycles. The molecule has 1 saturated carbocycles. The molecular weight excluding hydrogens is 404 g/mol. The van der Waals surface area contributed by atoms with Gasteiger partial charge in [-0.05, 0) is 47.9 Å². The summed E-state index contributed by atoms with van der Waals surface area (Å²) < 4.78 is 23.1. The number of hydrogen-bond donors (Lipinski definition) is 3. The van der Waals surface area contributed by atoms with Crippen molar-refractivity contribution in [3.05, 3.63) is 63.4 Å². The molecule has 1 amide bonds. The molecule has 1 aliphatic carbocycles. The Balaban J connectivity index is 1.57. The van der Waals surface area contributed by atoms with Gasteiger partial charge in [0.25, 0.3) is 11.5 Å². The number of carbonyl (C=O) groups excluding carboxylic acids is 1. The van der Waals surface area contributed by atoms with Gasteiger partial charge in [-0.25, -0.2) is 8.42 Å². The van der Waals surface area contributed by atoms with Crippen LogP contribution in [0, 0.1) is 0 Å². The number of benzene rings is 1. The third-order valence-electron chi connectivity index (χ3n) is 5.86. The highest BCUT2D eigenvalue weighted by atomic mass is 32.2. The number of H-pyrrole nitrogens is 2. The van der Waals surface area contributed by atoms with Gasteiger partial charge in [-0.15, -0.1) is 0 Å². The summed E-state index contributed by atoms with van der Waals surface area (Å²) in [4.78, 5) is 28.3. The van der Waals surface area contributed by atoms with Gasteiger partial charge in [-0.2, -0.15) is 5.10 Å². The molecule has 3 heterocycles. The molecule has 30 heavy (non-hydrogen) atoms. The summed E-state index contributed by atoms with van der Waals surface area (Å²) in [5.41, 5.74) is 2.98. The molecule has 1 aromatic carbocycles. The first kappa shape index (κ1) is 18.8. The first-order valence-electron chi connectivity index (χ1n) is 9.83. The zero-order valence-corrected chi connectivity index (χ0v) is 16.8. The molecule has 8 nitrogen and oxygen atoms in total. The van der Waals surface area contributed by atoms with Crippen LogP contribution < -0.4 is 10.9 Å². The largest absolute Gasteiger partial charge is 0.345 e. The van der Waals surface area contributed by atoms with Gasteiger partial charge >= 0.3 is 0 Å². The summed E-state index contributed by atoms with van der Waals surface area (Å²) in [6.45, 7) is 0. The molecule has 1 atom stereocenters. The summed E-state index contributed by atoms with van der Waals surface area (Å²) in [7, 11) is -3.30. The third kappa shape index (κ3) is 3.24. The number of nitrogens with zero attached hydrogens (tertiary/aromatic N) is 1. The minimum Gasteiger partial charge on any atom is -0.345 e. The monoisotopic (exact) mass is 424 g/mol. The smallest absolute Gasteiger partial charge is 0.261 e. The van der Waals surface area contributed by atoms with Gasteiger partial charge in [0.2, 0.25) is 0 Å². The van der Waals surface area contributed by atoms with E-state index in [-0.39, 0.29) is 11.3 Å². The molecule has 1 aliphatic heterocycles. The van der Waals surface area contributed by atoms with Crippen molar-refractivity contribution in [2.45, 2.75) is 31.2 Å². The van der Waals surface area contributed by atoms with Crippen molar-refractivity contribution >= 4 is 26.6 Å². The molecule has 3 aromatic rings. The number of nitrogens with one attached hydrogen (secondary N) is 3. The molecule has 0 unspecified atom stereocenters. The van der Waals surface area contributed by atoms with E-state index >= 15 is 0 Å². The molecule has 9 heteroatoms. The molecule has 2 aliphatic rings. The van der Waals surface area contributed by atoms with E-state index in [0.29, 0.717) is 11.4 Å². The fraction of sp³-hybridized carbons (Fsp3) is 0.286. The van der Waals surface area contributed by atoms with Crippen molar-refractivity contribution in [3.63, 3.8) is 0 Å². The molecule has 3 N–H and O–H groups in total. The van der Waals surface area contributed by atoms with Crippen LogP contribution in [0.15, 0.2) is 46.7 Å². The Kier molecular flexibility index (Phi) is 4.35. The SMILES string of the molecule is O=C(N[C@@H]1C=CS(=O)(=O)C1)c1cc2ccc(C3CCC3)c(-c3ccn[nH]3)c2[nH]c1=O. The number of sulfone groups is 1. The summed E-state index contributed by atoms with van der Waals surface area (Å²) in [5, 5.41) is 11.5. The number of pyridine rings is 1. The average Bonchev–Trinajstić information content (AvgIpc) is 3.29. The Labute approximate surface area is 172 Å². The lowest BCUT2D eigenvalue weighted by Gasteiger charge is -2.28. The maximum absolute atomic E-state index is 12.8. The van der Waals surface area contributed by atoms with E-state index < -0.39 is 27.3 Å². The summed E-state index contributed by atoms with van der Waals surface area (Å²) in [6.07, 6.45) is 6.49. The van der Waals surface area contributed by atoms with Crippen molar-refractivity contribution in [3.8, 4) is 11.3 Å². The van der Waals surface area contributed by atoms with Crippen molar-refractivity contribution < 1.29 is 13.2 Å². The van der Waals surface area contributed by atoms with Crippen LogP contribution in [0.4, 0.5) is 0 Å². The van der Waals surface area contributed by atoms with Crippen molar-refractivity contribution in [1.29, 1.82) is 0 Å². The van der Waals surface area contributed by atoms with Gasteiger partial charge < -0.3 is 10.3 Å². The molecule has 0 spiro atoms. The van der Waals surface area contributed by atoms with E-state index in [1.807, 2.05) is 12.1 Å². The second kappa shape index (κ2) is 6.94. The second-order valence-electron chi connectivity index (χ2n) is 7.84. The fourth-order valence-electron chi connectivity index (χ4n) is 4.12. The number of carbonyl (C=O) groups is 1. The molecular formula is C21H20N4O4S. The third-order valence-corrected chi connectivity index (χ3v) is 7.25. The number of amides is 1. The number of hydrogen-bond acceptors (Lipinski definition) is 5. The number of aromatic amines is 2. The van der Waals surface area contributed by atoms with Gasteiger partial charge in [0.15, 0.2) is 9.84 Å². The Morgan fingerprint density at radius 1 is 1.20 bits per heavy atom. The number of aromatic nitrogens is 3. The molecule has 2 aromatic heterocycles. The standard InChI is InChI=1S/C21H20N4O4S/c26-20(23-14-7-9-30(28,29)11-14)16-10-13-4-5-15(12-2-1-3-12)18(17-6-8-22-25-17)19(13)24-21(16)27/h4-10,12,14H,1-3,11H2,(H,22,25)(H,23,26)(H,24,27)/t14-/m1/s1. The Morgan fingerprint density at radius 3 is 2.67 bits per heavy atom. The fourth-order valence-corrected chi connectivity index (χ4v) is 5.35. The predicted molar refractivity (Wildman–Crippen MR) is 113 cm³/mol. The zero-order valence-electron chi connectivity index (χ0n) is 16.0. The van der Waals surface area contributed by atoms with Crippen molar-refractivity contribution in [2.75, 3.05) is 5.75 Å². The highest BCUT2D eigenvalue weighted by Gasteiger charge is 2.27. The van der Waals surface area contributed by atoms with Crippen LogP contribution in [0.25, 0.3) is 22.2 Å². The molecule has 0 radical (unpaired) electrons. The van der Waals surface area contributed by atoms with Crippen LogP contribution in [-0.2, 0) is 9.84 Å². The van der Waals surface area contributed by atoms with Crippen molar-refractivity contribution in [2.24, 2.45) is 0 Å². The Bertz CT molecular complexity index is 1340. The van der Waals surface area contributed by atoms with Gasteiger partial charge in [0.1, 0.15) is 5.56 Å². The van der Waals surface area contributed by atoms with E-state index in [9.17, 15) is 18.0 Å². The molecule has 5 rings (SSSR count). The number of rotatable bonds is 4. The normalized spacial score (nSPS) is 20.3. The molecule has 154 valence electrons. The highest BCUT2D eigenvalue weighted by molar-refractivity contribution is 7.94. The van der Waals surface area contributed by atoms with E-state index in [1.54, 1.807) is 12.3 Å². The lowest BCUT2D eigenvalue weighted by molar-refractivity contribution is 0.0946. The number of fused-ring (bicyclic) bond motifs is 1. The minimum atomic E-state index is -3.30. The second-order valence-corrected chi connectivity index (χ2v) is 9.77. The van der Waals surface area contributed by atoms with Gasteiger partial charge in [-0.3, -0.25) is 14.7 Å². The Morgan fingerprint density at radius 2 is 2.03 bits per heavy atom. The Hall–Kier alpha value is -3.20. The van der Waals surface area contributed by atoms with E-state index in [4.69, 9.17) is 0 Å². The van der Waals surface area contributed by atoms with Crippen molar-refractivity contribution in [1.82, 2.24) is 20.5 Å². The van der Waals surface area contributed by atoms with Gasteiger partial charge in [0.05, 0.1) is 23.0 Å². The van der Waals surface area contributed by atoms with Crippen LogP contribution in [0.3, 0.4) is 0 Å². The maximum atomic E-state index is 12.8. The van der Waals surface area contributed by atoms with E-state index in [1.165, 1.54) is 12.5 Å². The quantitative estimate of drug-likeness (QED) is 0.592. The first-order valence-corrected chi connectivity index (χ1v) is 11.5. The van der Waals surface area contributed by atoms with Crippen LogP contribution in [-0.4, -0.2) is 41.3 Å². The zero-order chi connectivity index (χ0) is 20.9. The lowest BCUT2D eigenvalue weighted by atomic mass is 9.77. The first-order chi connectivity index (χ1) is 14.4. The molecule has 1 fully saturated rings. The van der Waals surface area contributed by atoms with Gasteiger partial charge in [0, 0.05) is 17.2 Å². The lowest BCUT2D eigenvalue weighted by Crippen LogP contribution is -2.38. The minimum absolute atomic E-state index is 0.0489. The van der Waals surface area contributed by atoms with Gasteiger partial charge in [-0.1, -0.05) is 18.6 Å². The topological polar surface area (TPSA) is 125 Å². The van der Waals surface area contributed by atoms with E-state index in [2.05, 4.69) is 26.6 Å². The van der Waals surface area contributed by atoms with E-state index in [0.717, 1.165) is 40.5 Å². The van der Waals surface area contributed by atoms with Crippen LogP contribution in [0.2, 0.25) is 0 Å². The highest BCUT2D eigenvalue weighted by Crippen LogP contribution is 2.42. The summed E-state index contributed by atoms with van der Waals surface area (Å²) in [5.74, 6) is -0.356. The van der Waals surface area contributed by atoms with Crippen LogP contribution in [0.5, 0.6) is 0 Å². The summed E-state index contributed by atoms with van der Waals surface area (Å²) >= 11 is 0. The summed E-state index contributed by atoms with van der Waals surface area (Å²) in [6, 6.07) is 6.74. The predicted octanol–water partition coefficient (Wildman–Crippen LogP) is 2.23. The van der Waals surface area contributed by atoms with Crippen LogP contribution >= 0.6 is 0 Å². The molecule has 0 bridgehead atoms.